The van der Waals surface area contributed by atoms with Crippen LogP contribution in [0.1, 0.15) is 24.8 Å². The van der Waals surface area contributed by atoms with Crippen molar-refractivity contribution in [1.29, 1.82) is 0 Å². The van der Waals surface area contributed by atoms with Gasteiger partial charge in [-0.1, -0.05) is 12.1 Å². The maximum absolute atomic E-state index is 10.6. The van der Waals surface area contributed by atoms with Crippen molar-refractivity contribution in [3.63, 3.8) is 0 Å². The van der Waals surface area contributed by atoms with Gasteiger partial charge in [-0.15, -0.1) is 0 Å². The summed E-state index contributed by atoms with van der Waals surface area (Å²) in [7, 11) is -4.75. The Hall–Kier alpha value is -0.110. The van der Waals surface area contributed by atoms with Crippen LogP contribution >= 0.6 is 0 Å². The largest absolute Gasteiger partial charge is 1.00 e. The van der Waals surface area contributed by atoms with Gasteiger partial charge in [-0.25, -0.2) is 8.42 Å². The van der Waals surface area contributed by atoms with Crippen molar-refractivity contribution < 1.29 is 52.4 Å². The van der Waals surface area contributed by atoms with Gasteiger partial charge in [0.1, 0.15) is 15.9 Å². The molecule has 7 heteroatoms. The molecule has 0 aromatic heterocycles. The molecular weight excluding hydrogens is 255 g/mol. The molecule has 1 rings (SSSR count). The number of aliphatic hydroxyl groups excluding tert-OH is 1. The van der Waals surface area contributed by atoms with Gasteiger partial charge >= 0.3 is 29.6 Å². The number of ether oxygens (including phenoxy) is 1. The van der Waals surface area contributed by atoms with Gasteiger partial charge < -0.3 is 14.4 Å². The predicted molar refractivity (Wildman–Crippen MR) is 56.9 cm³/mol. The number of benzene rings is 1. The van der Waals surface area contributed by atoms with Gasteiger partial charge in [-0.2, -0.15) is 0 Å². The van der Waals surface area contributed by atoms with Crippen LogP contribution in [-0.2, 0) is 10.1 Å². The maximum Gasteiger partial charge on any atom is 1.00 e. The molecule has 1 unspecified atom stereocenters. The molecule has 0 spiro atoms. The first-order valence-corrected chi connectivity index (χ1v) is 6.17. The smallest absolute Gasteiger partial charge is 0.746 e. The SMILES string of the molecule is CC(C)Oc1cccc(C(O)S(=O)(=O)[O-])c1.[Na+]. The van der Waals surface area contributed by atoms with Crippen LogP contribution in [0.4, 0.5) is 0 Å². The molecule has 17 heavy (non-hydrogen) atoms. The first-order chi connectivity index (χ1) is 7.30. The minimum atomic E-state index is -4.75. The number of hydrogen-bond acceptors (Lipinski definition) is 5. The van der Waals surface area contributed by atoms with E-state index < -0.39 is 15.6 Å². The third-order valence-corrected chi connectivity index (χ3v) is 2.61. The summed E-state index contributed by atoms with van der Waals surface area (Å²) in [4.78, 5) is 0. The van der Waals surface area contributed by atoms with E-state index in [1.807, 2.05) is 13.8 Å². The van der Waals surface area contributed by atoms with Gasteiger partial charge in [-0.05, 0) is 31.5 Å². The molecule has 0 heterocycles. The van der Waals surface area contributed by atoms with Crippen molar-refractivity contribution in [3.05, 3.63) is 29.8 Å². The summed E-state index contributed by atoms with van der Waals surface area (Å²) in [6.45, 7) is 3.63. The summed E-state index contributed by atoms with van der Waals surface area (Å²) in [5.74, 6) is 0.412. The van der Waals surface area contributed by atoms with E-state index >= 15 is 0 Å². The maximum atomic E-state index is 10.6. The van der Waals surface area contributed by atoms with Crippen molar-refractivity contribution >= 4 is 10.1 Å². The minimum Gasteiger partial charge on any atom is -0.746 e. The summed E-state index contributed by atoms with van der Waals surface area (Å²) in [6.07, 6.45) is -0.0729. The van der Waals surface area contributed by atoms with Crippen LogP contribution in [0.25, 0.3) is 0 Å². The van der Waals surface area contributed by atoms with Crippen LogP contribution in [0.2, 0.25) is 0 Å². The summed E-state index contributed by atoms with van der Waals surface area (Å²) in [6, 6.07) is 5.82. The molecule has 0 amide bonds. The van der Waals surface area contributed by atoms with Gasteiger partial charge in [0, 0.05) is 0 Å². The molecule has 1 N–H and O–H groups in total. The fourth-order valence-corrected chi connectivity index (χ4v) is 1.66. The van der Waals surface area contributed by atoms with Crippen LogP contribution in [0.15, 0.2) is 24.3 Å². The molecule has 0 bridgehead atoms. The molecule has 5 nitrogen and oxygen atoms in total. The second-order valence-corrected chi connectivity index (χ2v) is 5.02. The first kappa shape index (κ1) is 16.9. The van der Waals surface area contributed by atoms with Gasteiger partial charge in [0.2, 0.25) is 0 Å². The molecule has 0 aliphatic rings. The standard InChI is InChI=1S/C10H14O5S.Na/c1-7(2)15-9-5-3-4-8(6-9)10(11)16(12,13)14;/h3-7,10-11H,1-2H3,(H,12,13,14);/q;+1/p-1. The van der Waals surface area contributed by atoms with Gasteiger partial charge in [0.05, 0.1) is 6.10 Å². The van der Waals surface area contributed by atoms with E-state index in [2.05, 4.69) is 0 Å². The van der Waals surface area contributed by atoms with E-state index in [1.165, 1.54) is 18.2 Å². The Kier molecular flexibility index (Phi) is 6.68. The Bertz CT molecular complexity index is 458. The van der Waals surface area contributed by atoms with Gasteiger partial charge in [0.15, 0.2) is 5.44 Å². The van der Waals surface area contributed by atoms with Gasteiger partial charge in [0.25, 0.3) is 0 Å². The van der Waals surface area contributed by atoms with E-state index in [9.17, 15) is 18.1 Å². The van der Waals surface area contributed by atoms with Crippen molar-refractivity contribution in [2.75, 3.05) is 0 Å². The van der Waals surface area contributed by atoms with Crippen LogP contribution in [0.5, 0.6) is 5.75 Å². The molecule has 1 atom stereocenters. The minimum absolute atomic E-state index is 0. The molecule has 1 aromatic carbocycles. The Morgan fingerprint density at radius 1 is 1.35 bits per heavy atom. The third kappa shape index (κ3) is 5.37. The normalized spacial score (nSPS) is 13.0. The van der Waals surface area contributed by atoms with Crippen molar-refractivity contribution in [1.82, 2.24) is 0 Å². The number of aliphatic hydroxyl groups is 1. The zero-order valence-corrected chi connectivity index (χ0v) is 12.8. The number of hydrogen-bond donors (Lipinski definition) is 1. The molecule has 0 aliphatic heterocycles. The molecule has 1 aromatic rings. The zero-order chi connectivity index (χ0) is 12.3. The van der Waals surface area contributed by atoms with Crippen molar-refractivity contribution in [3.8, 4) is 5.75 Å². The molecule has 0 aliphatic carbocycles. The van der Waals surface area contributed by atoms with Crippen LogP contribution in [0, 0.1) is 0 Å². The molecule has 0 saturated heterocycles. The summed E-state index contributed by atoms with van der Waals surface area (Å²) >= 11 is 0. The quantitative estimate of drug-likeness (QED) is 0.505. The Morgan fingerprint density at radius 2 is 1.94 bits per heavy atom. The summed E-state index contributed by atoms with van der Waals surface area (Å²) in [5.41, 5.74) is -2.05. The second kappa shape index (κ2) is 6.72. The summed E-state index contributed by atoms with van der Waals surface area (Å²) < 4.78 is 37.2. The fourth-order valence-electron chi connectivity index (χ4n) is 1.18. The van der Waals surface area contributed by atoms with E-state index in [1.54, 1.807) is 6.07 Å². The van der Waals surface area contributed by atoms with E-state index in [-0.39, 0.29) is 41.2 Å². The Balaban J connectivity index is 0.00000256. The van der Waals surface area contributed by atoms with Crippen LogP contribution in [0.3, 0.4) is 0 Å². The van der Waals surface area contributed by atoms with Crippen LogP contribution < -0.4 is 34.3 Å². The van der Waals surface area contributed by atoms with E-state index in [4.69, 9.17) is 4.74 Å². The van der Waals surface area contributed by atoms with Crippen LogP contribution in [-0.4, -0.2) is 24.2 Å². The van der Waals surface area contributed by atoms with E-state index in [0.29, 0.717) is 5.75 Å². The number of rotatable bonds is 4. The molecular formula is C10H13NaO5S. The monoisotopic (exact) mass is 268 g/mol. The fraction of sp³-hybridized carbons (Fsp3) is 0.400. The van der Waals surface area contributed by atoms with E-state index in [0.717, 1.165) is 0 Å². The second-order valence-electron chi connectivity index (χ2n) is 3.58. The summed E-state index contributed by atoms with van der Waals surface area (Å²) in [5, 5.41) is 9.26. The Morgan fingerprint density at radius 3 is 2.41 bits per heavy atom. The average Bonchev–Trinajstić information content (AvgIpc) is 2.14. The predicted octanol–water partition coefficient (Wildman–Crippen LogP) is -1.99. The zero-order valence-electron chi connectivity index (χ0n) is 9.95. The third-order valence-electron chi connectivity index (χ3n) is 1.79. The molecule has 0 radical (unpaired) electrons. The molecule has 90 valence electrons. The topological polar surface area (TPSA) is 86.7 Å². The molecule has 0 fully saturated rings. The Labute approximate surface area is 123 Å². The average molecular weight is 268 g/mol. The van der Waals surface area contributed by atoms with Crippen molar-refractivity contribution in [2.45, 2.75) is 25.4 Å². The first-order valence-electron chi connectivity index (χ1n) is 4.70. The molecule has 0 saturated carbocycles. The van der Waals surface area contributed by atoms with Gasteiger partial charge in [-0.3, -0.25) is 0 Å². The van der Waals surface area contributed by atoms with Crippen molar-refractivity contribution in [2.24, 2.45) is 0 Å².